The second-order valence-corrected chi connectivity index (χ2v) is 35.3. The van der Waals surface area contributed by atoms with Gasteiger partial charge in [-0.25, -0.2) is 73.1 Å². The number of unbranched alkanes of at least 4 members (excludes halogenated alkanes) is 10. The molecule has 6 aromatic carbocycles. The number of fused-ring (bicyclic) bond motifs is 3. The molecule has 3 saturated heterocycles. The number of halogens is 10. The number of allylic oxidation sites excluding steroid dienone is 2. The van der Waals surface area contributed by atoms with Gasteiger partial charge in [0.05, 0.1) is 33.2 Å². The third-order valence-corrected chi connectivity index (χ3v) is 25.3. The molecule has 0 atom stereocenters. The van der Waals surface area contributed by atoms with Crippen molar-refractivity contribution in [1.29, 1.82) is 0 Å². The molecule has 14 aromatic rings. The van der Waals surface area contributed by atoms with Gasteiger partial charge >= 0.3 is 0 Å². The number of imidazole rings is 8. The first-order chi connectivity index (χ1) is 59.9. The molecule has 2 bridgehead atoms. The maximum atomic E-state index is 2.44. The fraction of sp³-hybridized carbons (Fsp3) is 0.385. The zero-order valence-electron chi connectivity index (χ0n) is 77.3. The van der Waals surface area contributed by atoms with Crippen LogP contribution in [0.15, 0.2) is 320 Å². The molecule has 0 aliphatic carbocycles. The number of hydrogen-bond donors (Lipinski definition) is 0. The molecule has 18 nitrogen and oxygen atoms in total. The van der Waals surface area contributed by atoms with Crippen molar-refractivity contribution in [2.75, 3.05) is 52.4 Å². The average molecular weight is 2440 g/mol. The van der Waals surface area contributed by atoms with Crippen LogP contribution in [0.5, 0.6) is 0 Å². The molecule has 8 aromatic heterocycles. The molecule has 0 radical (unpaired) electrons. The number of nitrogens with zero attached hydrogens (tertiary/aromatic N) is 18. The second kappa shape index (κ2) is 60.0. The molecule has 0 amide bonds. The smallest absolute Gasteiger partial charge is 0.244 e. The van der Waals surface area contributed by atoms with Crippen LogP contribution in [0.3, 0.4) is 0 Å². The summed E-state index contributed by atoms with van der Waals surface area (Å²) in [7, 11) is 2.06. The van der Waals surface area contributed by atoms with Crippen LogP contribution in [0.4, 0.5) is 0 Å². The van der Waals surface area contributed by atoms with Crippen molar-refractivity contribution in [3.8, 4) is 0 Å². The van der Waals surface area contributed by atoms with Gasteiger partial charge in [0.15, 0.2) is 0 Å². The number of benzene rings is 6. The van der Waals surface area contributed by atoms with E-state index in [0.29, 0.717) is 0 Å². The van der Waals surface area contributed by atoms with Crippen molar-refractivity contribution in [2.24, 2.45) is 7.05 Å². The second-order valence-electron chi connectivity index (χ2n) is 35.3. The van der Waals surface area contributed by atoms with Crippen LogP contribution >= 0.6 is 0 Å². The van der Waals surface area contributed by atoms with Crippen molar-refractivity contribution >= 4 is 0 Å². The minimum absolute atomic E-state index is 0. The van der Waals surface area contributed by atoms with Crippen LogP contribution in [-0.4, -0.2) is 97.9 Å². The van der Waals surface area contributed by atoms with E-state index in [9.17, 15) is 0 Å². The number of quaternary nitrogens is 2. The van der Waals surface area contributed by atoms with E-state index in [0.717, 1.165) is 105 Å². The number of rotatable bonds is 45. The minimum atomic E-state index is 0. The molecule has 11 heterocycles. The molecule has 3 aliphatic rings. The molecular weight excluding hydrogens is 2300 g/mol. The van der Waals surface area contributed by atoms with Gasteiger partial charge in [-0.3, -0.25) is 0 Å². The van der Waals surface area contributed by atoms with Crippen LogP contribution in [0.2, 0.25) is 0 Å². The van der Waals surface area contributed by atoms with Gasteiger partial charge in [-0.15, -0.1) is 0 Å². The van der Waals surface area contributed by atoms with Gasteiger partial charge in [0, 0.05) is 22.3 Å². The molecule has 3 fully saturated rings. The lowest BCUT2D eigenvalue weighted by atomic mass is 10.1. The van der Waals surface area contributed by atoms with Crippen LogP contribution in [0.1, 0.15) is 171 Å². The molecule has 28 heteroatoms. The first kappa shape index (κ1) is 116. The van der Waals surface area contributed by atoms with E-state index in [-0.39, 0.29) is 170 Å². The Kier molecular flexibility index (Phi) is 52.6. The minimum Gasteiger partial charge on any atom is -1.00 e. The number of aromatic nitrogens is 16. The van der Waals surface area contributed by atoms with E-state index in [1.165, 1.54) is 205 Å². The van der Waals surface area contributed by atoms with Crippen LogP contribution in [-0.2, 0) is 105 Å². The number of piperazine rings is 3. The molecule has 712 valence electrons. The zero-order chi connectivity index (χ0) is 83.4. The predicted octanol–water partition coefficient (Wildman–Crippen LogP) is -15.9. The summed E-state index contributed by atoms with van der Waals surface area (Å²) in [4.78, 5) is 0. The van der Waals surface area contributed by atoms with Crippen LogP contribution < -0.4 is 206 Å². The lowest BCUT2D eigenvalue weighted by molar-refractivity contribution is -1.08. The standard InChI is InChI=1S/C74H92N12.C30H44N6.10BrH/c1-3-5-7-9-11-15-35-75-37-39-77(59-75)49-65-19-23-67(24-20-65)51-79-41-43-81(61-79)53-69-27-31-71(32-28-69)55-83-45-47-85(63-83)57-73-17-13-14-18-74(73)58-86-48-46-84(64-86)56-72-33-29-70(30-34-72)54-82-44-42-80(62-82)52-68-25-21-66(22-26-68)50-78-40-38-76(60-78)36-16-12-10-8-6-4-2;1-3-4-8-17-35-19-22-36(23-20-35,24-21-35)18-9-7-12-32-15-16-34(28-32)26-30-11-6-5-10-29(30)25-33-14-13-31(2)27-33;;;;;;;;;;/h13-14,17-34,37-48,59-64H,3-12,15-16,35-36,49-58H2,1-2H3;4-11,13-16,27-28H,3,12,17-26H2,1-2H3;10*1H/q+6;+4;;;;;;;;;;/p-10/b;8-4+,9-7+;;;;;;;;;;. The van der Waals surface area contributed by atoms with Crippen LogP contribution in [0, 0.1) is 0 Å². The lowest BCUT2D eigenvalue weighted by Gasteiger charge is -2.55. The Balaban J connectivity index is 0.000000567. The van der Waals surface area contributed by atoms with Gasteiger partial charge in [0.2, 0.25) is 50.6 Å². The van der Waals surface area contributed by atoms with E-state index in [4.69, 9.17) is 0 Å². The Hall–Kier alpha value is -6.80. The van der Waals surface area contributed by atoms with Crippen molar-refractivity contribution in [3.63, 3.8) is 0 Å². The van der Waals surface area contributed by atoms with Gasteiger partial charge in [-0.2, -0.15) is 0 Å². The Labute approximate surface area is 891 Å². The third-order valence-electron chi connectivity index (χ3n) is 25.3. The molecule has 3 aliphatic heterocycles. The largest absolute Gasteiger partial charge is 1.00 e. The van der Waals surface area contributed by atoms with E-state index < -0.39 is 0 Å². The molecule has 132 heavy (non-hydrogen) atoms. The van der Waals surface area contributed by atoms with E-state index in [1.54, 1.807) is 0 Å². The summed E-state index contributed by atoms with van der Waals surface area (Å²) in [5.41, 5.74) is 15.8. The highest BCUT2D eigenvalue weighted by molar-refractivity contribution is 5.30. The Bertz CT molecular complexity index is 5310. The van der Waals surface area contributed by atoms with Crippen molar-refractivity contribution in [3.05, 3.63) is 386 Å². The molecule has 0 spiro atoms. The van der Waals surface area contributed by atoms with Crippen molar-refractivity contribution in [2.45, 2.75) is 202 Å². The molecule has 0 N–H and O–H groups in total. The third kappa shape index (κ3) is 36.0. The summed E-state index contributed by atoms with van der Waals surface area (Å²) in [6.07, 6.45) is 79.4. The Morgan fingerprint density at radius 2 is 0.508 bits per heavy atom. The van der Waals surface area contributed by atoms with Gasteiger partial charge in [0.25, 0.3) is 0 Å². The zero-order valence-corrected chi connectivity index (χ0v) is 93.2. The average Bonchev–Trinajstić information content (AvgIpc) is 1.46. The highest BCUT2D eigenvalue weighted by Crippen LogP contribution is 2.27. The fourth-order valence-corrected chi connectivity index (χ4v) is 17.9. The lowest BCUT2D eigenvalue weighted by Crippen LogP contribution is -3.00. The highest BCUT2D eigenvalue weighted by Gasteiger charge is 2.48. The first-order valence-electron chi connectivity index (χ1n) is 45.8. The SMILES string of the molecule is CC/C=C/C[N+]12CC[N+](C/C=C/Cn3cc[n+](Cc4ccccc4Cn4cc[n+](C)c4)c3)(CC1)CC2.CCCCCCCCn1cc[n+](Cc2ccc(C[n+]3ccn(Cc4ccc(C[n+]5ccn(Cc6ccccc6Cn6cc[n+](Cc7ccc(Cn8cc[n+](Cc9ccc(C[n+]%10ccn(CCCCCCCC)c%10)cc9)c8)cc7)c6)c5)cc4)c3)cc2)c1.[Br-].[Br-].[Br-].[Br-].[Br-].[Br-].[Br-].[Br-].[Br-].[Br-]. The summed E-state index contributed by atoms with van der Waals surface area (Å²) in [6.45, 7) is 30.7. The fourth-order valence-electron chi connectivity index (χ4n) is 17.9. The molecule has 0 saturated carbocycles. The van der Waals surface area contributed by atoms with Crippen molar-refractivity contribution < 1.29 is 215 Å². The predicted molar refractivity (Wildman–Crippen MR) is 481 cm³/mol. The monoisotopic (exact) mass is 2430 g/mol. The Morgan fingerprint density at radius 3 is 0.841 bits per heavy atom. The van der Waals surface area contributed by atoms with E-state index in [1.807, 2.05) is 0 Å². The summed E-state index contributed by atoms with van der Waals surface area (Å²) in [6, 6.07) is 54.0. The summed E-state index contributed by atoms with van der Waals surface area (Å²) in [5.74, 6) is 0. The molecule has 17 rings (SSSR count). The van der Waals surface area contributed by atoms with Gasteiger partial charge in [-0.05, 0) is 94.8 Å². The Morgan fingerprint density at radius 1 is 0.250 bits per heavy atom. The highest BCUT2D eigenvalue weighted by atomic mass is 79.9. The van der Waals surface area contributed by atoms with Crippen molar-refractivity contribution in [1.82, 2.24) is 36.5 Å². The maximum absolute atomic E-state index is 2.44. The number of hydrogen-bond acceptors (Lipinski definition) is 0. The quantitative estimate of drug-likeness (QED) is 0.0158. The molecule has 0 unspecified atom stereocenters. The van der Waals surface area contributed by atoms with Gasteiger partial charge in [0.1, 0.15) is 223 Å². The first-order valence-corrected chi connectivity index (χ1v) is 45.8. The van der Waals surface area contributed by atoms with E-state index >= 15 is 0 Å². The summed E-state index contributed by atoms with van der Waals surface area (Å²) < 4.78 is 39.0. The maximum Gasteiger partial charge on any atom is 0.244 e. The molecular formula is C104H136Br10N18. The topological polar surface area (TPSA) is 70.5 Å². The van der Waals surface area contributed by atoms with E-state index in [2.05, 4.69) is 421 Å². The van der Waals surface area contributed by atoms with Crippen LogP contribution in [0.25, 0.3) is 0 Å². The number of aryl methyl sites for hydroxylation is 3. The van der Waals surface area contributed by atoms with Gasteiger partial charge in [-0.1, -0.05) is 224 Å². The summed E-state index contributed by atoms with van der Waals surface area (Å²) in [5, 5.41) is 0. The normalized spacial score (nSPS) is 14.0. The summed E-state index contributed by atoms with van der Waals surface area (Å²) >= 11 is 0. The van der Waals surface area contributed by atoms with Gasteiger partial charge < -0.3 is 179 Å².